The van der Waals surface area contributed by atoms with Crippen LogP contribution in [0, 0.1) is 5.92 Å². The fourth-order valence-corrected chi connectivity index (χ4v) is 2.71. The molecule has 0 atom stereocenters. The largest absolute Gasteiger partial charge is 0.424 e. The van der Waals surface area contributed by atoms with Crippen molar-refractivity contribution in [2.75, 3.05) is 13.2 Å². The van der Waals surface area contributed by atoms with Gasteiger partial charge in [0.25, 0.3) is 0 Å². The van der Waals surface area contributed by atoms with Crippen molar-refractivity contribution in [2.24, 2.45) is 5.92 Å². The second-order valence-corrected chi connectivity index (χ2v) is 6.26. The molecule has 0 radical (unpaired) electrons. The van der Waals surface area contributed by atoms with E-state index in [1.807, 2.05) is 0 Å². The smallest absolute Gasteiger partial charge is 0.293 e. The van der Waals surface area contributed by atoms with E-state index in [9.17, 15) is 8.96 Å². The molecule has 13 heavy (non-hydrogen) atoms. The third-order valence-corrected chi connectivity index (χ3v) is 4.21. The van der Waals surface area contributed by atoms with E-state index >= 15 is 0 Å². The van der Waals surface area contributed by atoms with E-state index in [0.717, 1.165) is 19.3 Å². The average Bonchev–Trinajstić information content (AvgIpc) is 1.93. The van der Waals surface area contributed by atoms with Gasteiger partial charge in [-0.2, -0.15) is 0 Å². The molecule has 1 aliphatic heterocycles. The Hall–Kier alpha value is 0.370. The predicted molar refractivity (Wildman–Crippen MR) is 46.5 cm³/mol. The van der Waals surface area contributed by atoms with E-state index in [4.69, 9.17) is 11.2 Å². The van der Waals surface area contributed by atoms with E-state index in [1.54, 1.807) is 0 Å². The molecule has 3 nitrogen and oxygen atoms in total. The van der Waals surface area contributed by atoms with Gasteiger partial charge in [0, 0.05) is 11.2 Å². The van der Waals surface area contributed by atoms with Gasteiger partial charge in [0.2, 0.25) is 0 Å². The summed E-state index contributed by atoms with van der Waals surface area (Å²) in [6.45, 7) is -3.85. The first-order chi connectivity index (χ1) is 6.02. The minimum absolute atomic E-state index is 0.00975. The van der Waals surface area contributed by atoms with Gasteiger partial charge >= 0.3 is 6.95 Å². The molecule has 0 N–H and O–H groups in total. The molecule has 76 valence electrons. The van der Waals surface area contributed by atoms with Crippen molar-refractivity contribution in [1.82, 2.24) is 0 Å². The maximum Gasteiger partial charge on any atom is 0.424 e. The first-order valence-corrected chi connectivity index (χ1v) is 6.74. The van der Waals surface area contributed by atoms with Gasteiger partial charge in [-0.15, -0.1) is 0 Å². The zero-order chi connectivity index (χ0) is 9.53. The molecule has 0 spiro atoms. The molecule has 0 amide bonds. The summed E-state index contributed by atoms with van der Waals surface area (Å²) in [7, 11) is 0. The lowest BCUT2D eigenvalue weighted by molar-refractivity contribution is -0.0696. The van der Waals surface area contributed by atoms with Crippen LogP contribution in [0.2, 0.25) is 0 Å². The zero-order valence-corrected chi connectivity index (χ0v) is 8.69. The second kappa shape index (κ2) is 3.20. The summed E-state index contributed by atoms with van der Waals surface area (Å²) >= 11 is 5.31. The van der Waals surface area contributed by atoms with Crippen molar-refractivity contribution >= 4 is 18.2 Å². The topological polar surface area (TPSA) is 35.5 Å². The molecular formula is C7H11ClFO3P. The van der Waals surface area contributed by atoms with E-state index < -0.39 is 12.6 Å². The van der Waals surface area contributed by atoms with Gasteiger partial charge in [0.15, 0.2) is 5.67 Å². The first-order valence-electron chi connectivity index (χ1n) is 4.30. The Balaban J connectivity index is 1.99. The van der Waals surface area contributed by atoms with Gasteiger partial charge in [0.05, 0.1) is 13.2 Å². The monoisotopic (exact) mass is 228 g/mol. The molecule has 0 bridgehead atoms. The lowest BCUT2D eigenvalue weighted by atomic mass is 9.74. The lowest BCUT2D eigenvalue weighted by Crippen LogP contribution is -2.47. The normalized spacial score (nSPS) is 47.2. The fourth-order valence-electron chi connectivity index (χ4n) is 1.61. The summed E-state index contributed by atoms with van der Waals surface area (Å²) in [6, 6.07) is 0. The maximum atomic E-state index is 13.9. The summed E-state index contributed by atoms with van der Waals surface area (Å²) in [5.41, 5.74) is -1.47. The van der Waals surface area contributed by atoms with E-state index in [1.165, 1.54) is 0 Å². The van der Waals surface area contributed by atoms with Gasteiger partial charge in [-0.3, -0.25) is 9.05 Å². The third kappa shape index (κ3) is 1.91. The van der Waals surface area contributed by atoms with Gasteiger partial charge in [0.1, 0.15) is 0 Å². The summed E-state index contributed by atoms with van der Waals surface area (Å²) in [5, 5.41) is 0. The van der Waals surface area contributed by atoms with Crippen molar-refractivity contribution in [3.05, 3.63) is 0 Å². The molecule has 0 aromatic rings. The Labute approximate surface area is 80.9 Å². The predicted octanol–water partition coefficient (Wildman–Crippen LogP) is 2.89. The average molecular weight is 229 g/mol. The van der Waals surface area contributed by atoms with Crippen LogP contribution in [0.4, 0.5) is 4.39 Å². The second-order valence-electron chi connectivity index (χ2n) is 3.64. The SMILES string of the molecule is O=P1(Cl)OCC(F)(C2CCC2)CO1. The summed E-state index contributed by atoms with van der Waals surface area (Å²) in [4.78, 5) is 0. The molecule has 0 unspecified atom stereocenters. The van der Waals surface area contributed by atoms with Crippen LogP contribution >= 0.6 is 18.2 Å². The van der Waals surface area contributed by atoms with Crippen LogP contribution < -0.4 is 0 Å². The van der Waals surface area contributed by atoms with Crippen molar-refractivity contribution in [2.45, 2.75) is 24.9 Å². The van der Waals surface area contributed by atoms with Crippen LogP contribution in [0.1, 0.15) is 19.3 Å². The maximum absolute atomic E-state index is 13.9. The molecule has 2 aliphatic rings. The Morgan fingerprint density at radius 3 is 2.31 bits per heavy atom. The van der Waals surface area contributed by atoms with Gasteiger partial charge in [-0.05, 0) is 18.8 Å². The molecule has 2 fully saturated rings. The number of halogens is 2. The Bertz CT molecular complexity index is 244. The van der Waals surface area contributed by atoms with Gasteiger partial charge in [-0.1, -0.05) is 6.42 Å². The molecule has 0 aromatic carbocycles. The van der Waals surface area contributed by atoms with Gasteiger partial charge in [-0.25, -0.2) is 8.96 Å². The Morgan fingerprint density at radius 1 is 1.38 bits per heavy atom. The highest BCUT2D eigenvalue weighted by Crippen LogP contribution is 2.59. The lowest BCUT2D eigenvalue weighted by Gasteiger charge is -2.41. The summed E-state index contributed by atoms with van der Waals surface area (Å²) < 4.78 is 34.3. The van der Waals surface area contributed by atoms with Crippen molar-refractivity contribution in [3.63, 3.8) is 0 Å². The van der Waals surface area contributed by atoms with Crippen molar-refractivity contribution in [1.29, 1.82) is 0 Å². The van der Waals surface area contributed by atoms with Crippen LogP contribution in [0.5, 0.6) is 0 Å². The van der Waals surface area contributed by atoms with Crippen LogP contribution in [0.15, 0.2) is 0 Å². The highest BCUT2D eigenvalue weighted by atomic mass is 35.7. The summed E-state index contributed by atoms with van der Waals surface area (Å²) in [5.74, 6) is -0.00975. The molecule has 0 aromatic heterocycles. The van der Waals surface area contributed by atoms with Crippen LogP contribution in [0.25, 0.3) is 0 Å². The third-order valence-electron chi connectivity index (χ3n) is 2.75. The van der Waals surface area contributed by atoms with Crippen molar-refractivity contribution < 1.29 is 18.0 Å². The highest BCUT2D eigenvalue weighted by molar-refractivity contribution is 7.81. The standard InChI is InChI=1S/C7H11ClFO3P/c8-13(10)11-4-7(9,5-12-13)6-2-1-3-6/h6H,1-5H2. The molecular weight excluding hydrogens is 217 g/mol. The molecule has 2 rings (SSSR count). The quantitative estimate of drug-likeness (QED) is 0.648. The minimum atomic E-state index is -3.46. The van der Waals surface area contributed by atoms with Crippen LogP contribution in [-0.4, -0.2) is 18.9 Å². The first kappa shape index (κ1) is 9.91. The van der Waals surface area contributed by atoms with E-state index in [-0.39, 0.29) is 19.1 Å². The Kier molecular flexibility index (Phi) is 2.44. The minimum Gasteiger partial charge on any atom is -0.293 e. The fraction of sp³-hybridized carbons (Fsp3) is 1.00. The van der Waals surface area contributed by atoms with Crippen LogP contribution in [-0.2, 0) is 13.6 Å². The molecule has 1 saturated heterocycles. The number of alkyl halides is 1. The number of rotatable bonds is 1. The van der Waals surface area contributed by atoms with Gasteiger partial charge < -0.3 is 0 Å². The summed E-state index contributed by atoms with van der Waals surface area (Å²) in [6.07, 6.45) is 2.76. The highest BCUT2D eigenvalue weighted by Gasteiger charge is 2.49. The zero-order valence-electron chi connectivity index (χ0n) is 7.04. The van der Waals surface area contributed by atoms with Crippen LogP contribution in [0.3, 0.4) is 0 Å². The molecule has 1 heterocycles. The molecule has 1 saturated carbocycles. The number of hydrogen-bond acceptors (Lipinski definition) is 3. The number of hydrogen-bond donors (Lipinski definition) is 0. The molecule has 1 aliphatic carbocycles. The van der Waals surface area contributed by atoms with E-state index in [2.05, 4.69) is 9.05 Å². The molecule has 6 heteroatoms. The van der Waals surface area contributed by atoms with Crippen molar-refractivity contribution in [3.8, 4) is 0 Å². The Morgan fingerprint density at radius 2 is 1.92 bits per heavy atom. The van der Waals surface area contributed by atoms with E-state index in [0.29, 0.717) is 0 Å².